The predicted octanol–water partition coefficient (Wildman–Crippen LogP) is 4.39. The lowest BCUT2D eigenvalue weighted by Gasteiger charge is -2.42. The average Bonchev–Trinajstić information content (AvgIpc) is 3.45. The zero-order valence-corrected chi connectivity index (χ0v) is 25.5. The highest BCUT2D eigenvalue weighted by atomic mass is 35.5. The van der Waals surface area contributed by atoms with Gasteiger partial charge >= 0.3 is 12.1 Å². The standard InChI is InChI=1S/C29H34ClN5O6S/c1-18-31-15-23-16-33(27(37)34(18)23)22-9-11-32(12-10-22)26(36)25(35(28(38)39)29(2,3)4)17-42(40,41)24-8-6-19-13-21(30)7-5-20(19)14-24/h5-8,13-15,22,25H,9-12,16-17H2,1-4H3,(H,38,39)/t25-/m0/s1. The van der Waals surface area contributed by atoms with Crippen LogP contribution in [0.4, 0.5) is 9.59 Å². The van der Waals surface area contributed by atoms with Gasteiger partial charge in [0.1, 0.15) is 11.9 Å². The van der Waals surface area contributed by atoms with Gasteiger partial charge in [-0.05, 0) is 75.6 Å². The van der Waals surface area contributed by atoms with Gasteiger partial charge in [0.05, 0.1) is 29.1 Å². The van der Waals surface area contributed by atoms with E-state index in [9.17, 15) is 27.9 Å². The number of halogens is 1. The van der Waals surface area contributed by atoms with Gasteiger partial charge in [-0.15, -0.1) is 0 Å². The van der Waals surface area contributed by atoms with Crippen molar-refractivity contribution in [1.82, 2.24) is 24.3 Å². The number of benzene rings is 2. The molecule has 3 heterocycles. The quantitative estimate of drug-likeness (QED) is 0.435. The molecule has 0 unspecified atom stereocenters. The van der Waals surface area contributed by atoms with Crippen molar-refractivity contribution >= 4 is 50.2 Å². The summed E-state index contributed by atoms with van der Waals surface area (Å²) in [7, 11) is -4.09. The zero-order chi connectivity index (χ0) is 30.6. The Bertz CT molecular complexity index is 1670. The second-order valence-corrected chi connectivity index (χ2v) is 14.3. The fourth-order valence-corrected chi connectivity index (χ4v) is 7.63. The molecule has 3 amide bonds. The molecule has 0 bridgehead atoms. The van der Waals surface area contributed by atoms with Crippen molar-refractivity contribution < 1.29 is 27.9 Å². The maximum atomic E-state index is 14.0. The molecule has 224 valence electrons. The monoisotopic (exact) mass is 615 g/mol. The number of carbonyl (C=O) groups excluding carboxylic acids is 2. The van der Waals surface area contributed by atoms with Crippen molar-refractivity contribution in [3.8, 4) is 0 Å². The first-order valence-corrected chi connectivity index (χ1v) is 15.8. The normalized spacial score (nSPS) is 17.0. The Morgan fingerprint density at radius 1 is 1.12 bits per heavy atom. The molecule has 5 rings (SSSR count). The summed E-state index contributed by atoms with van der Waals surface area (Å²) in [6.07, 6.45) is 1.29. The summed E-state index contributed by atoms with van der Waals surface area (Å²) >= 11 is 6.06. The summed E-state index contributed by atoms with van der Waals surface area (Å²) in [4.78, 5) is 47.9. The molecule has 1 aromatic heterocycles. The molecule has 3 aromatic rings. The molecule has 11 nitrogen and oxygen atoms in total. The van der Waals surface area contributed by atoms with E-state index in [0.29, 0.717) is 35.6 Å². The summed E-state index contributed by atoms with van der Waals surface area (Å²) in [6.45, 7) is 7.64. The molecule has 1 saturated heterocycles. The lowest BCUT2D eigenvalue weighted by molar-refractivity contribution is -0.138. The van der Waals surface area contributed by atoms with E-state index in [1.807, 2.05) is 0 Å². The Morgan fingerprint density at radius 3 is 2.38 bits per heavy atom. The first-order valence-electron chi connectivity index (χ1n) is 13.7. The van der Waals surface area contributed by atoms with Crippen LogP contribution >= 0.6 is 11.6 Å². The van der Waals surface area contributed by atoms with Crippen molar-refractivity contribution in [3.63, 3.8) is 0 Å². The number of fused-ring (bicyclic) bond motifs is 2. The van der Waals surface area contributed by atoms with Crippen LogP contribution in [0.2, 0.25) is 5.02 Å². The lowest BCUT2D eigenvalue weighted by Crippen LogP contribution is -2.61. The van der Waals surface area contributed by atoms with E-state index in [2.05, 4.69) is 4.98 Å². The molecule has 2 aliphatic heterocycles. The number of carboxylic acid groups (broad SMARTS) is 1. The summed E-state index contributed by atoms with van der Waals surface area (Å²) in [5.41, 5.74) is -0.234. The van der Waals surface area contributed by atoms with Crippen LogP contribution in [0.1, 0.15) is 45.1 Å². The Hall–Kier alpha value is -3.64. The third-order valence-electron chi connectivity index (χ3n) is 8.03. The first kappa shape index (κ1) is 29.8. The maximum Gasteiger partial charge on any atom is 0.408 e. The highest BCUT2D eigenvalue weighted by molar-refractivity contribution is 7.91. The van der Waals surface area contributed by atoms with Gasteiger partial charge in [-0.3, -0.25) is 14.3 Å². The molecule has 1 fully saturated rings. The van der Waals surface area contributed by atoms with Crippen LogP contribution in [0, 0.1) is 6.92 Å². The van der Waals surface area contributed by atoms with Gasteiger partial charge in [-0.2, -0.15) is 0 Å². The van der Waals surface area contributed by atoms with Crippen LogP contribution in [-0.2, 0) is 21.2 Å². The number of nitrogens with zero attached hydrogens (tertiary/aromatic N) is 5. The molecule has 0 saturated carbocycles. The summed E-state index contributed by atoms with van der Waals surface area (Å²) < 4.78 is 29.0. The second kappa shape index (κ2) is 10.9. The Morgan fingerprint density at radius 2 is 1.76 bits per heavy atom. The zero-order valence-electron chi connectivity index (χ0n) is 23.9. The van der Waals surface area contributed by atoms with Crippen LogP contribution in [0.3, 0.4) is 0 Å². The van der Waals surface area contributed by atoms with Crippen molar-refractivity contribution in [1.29, 1.82) is 0 Å². The first-order chi connectivity index (χ1) is 19.7. The molecule has 2 aromatic carbocycles. The molecular weight excluding hydrogens is 582 g/mol. The van der Waals surface area contributed by atoms with Crippen LogP contribution in [0.15, 0.2) is 47.5 Å². The third-order valence-corrected chi connectivity index (χ3v) is 9.99. The average molecular weight is 616 g/mol. The third kappa shape index (κ3) is 5.57. The second-order valence-electron chi connectivity index (χ2n) is 11.9. The minimum Gasteiger partial charge on any atom is -0.465 e. The van der Waals surface area contributed by atoms with E-state index >= 15 is 0 Å². The Kier molecular flexibility index (Phi) is 7.73. The minimum absolute atomic E-state index is 0.00527. The van der Waals surface area contributed by atoms with E-state index in [1.54, 1.807) is 67.6 Å². The number of likely N-dealkylation sites (tertiary alicyclic amines) is 1. The van der Waals surface area contributed by atoms with Crippen molar-refractivity contribution in [2.24, 2.45) is 0 Å². The Labute approximate surface area is 249 Å². The summed E-state index contributed by atoms with van der Waals surface area (Å²) in [5.74, 6) is -0.651. The van der Waals surface area contributed by atoms with E-state index in [0.717, 1.165) is 16.0 Å². The molecule has 2 aliphatic rings. The number of aromatic nitrogens is 2. The fraction of sp³-hybridized carbons (Fsp3) is 0.448. The van der Waals surface area contributed by atoms with Crippen LogP contribution in [0.25, 0.3) is 10.8 Å². The van der Waals surface area contributed by atoms with Gasteiger partial charge < -0.3 is 14.9 Å². The molecule has 0 radical (unpaired) electrons. The van der Waals surface area contributed by atoms with Gasteiger partial charge in [0.25, 0.3) is 0 Å². The number of sulfone groups is 1. The van der Waals surface area contributed by atoms with E-state index < -0.39 is 39.2 Å². The van der Waals surface area contributed by atoms with E-state index in [4.69, 9.17) is 11.6 Å². The number of imidazole rings is 1. The van der Waals surface area contributed by atoms with Crippen molar-refractivity contribution in [3.05, 3.63) is 59.1 Å². The summed E-state index contributed by atoms with van der Waals surface area (Å²) in [6, 6.07) is 7.98. The predicted molar refractivity (Wildman–Crippen MR) is 157 cm³/mol. The minimum atomic E-state index is -4.09. The largest absolute Gasteiger partial charge is 0.465 e. The number of aryl methyl sites for hydroxylation is 1. The van der Waals surface area contributed by atoms with Crippen molar-refractivity contribution in [2.45, 2.75) is 69.6 Å². The van der Waals surface area contributed by atoms with Crippen LogP contribution in [0.5, 0.6) is 0 Å². The Balaban J connectivity index is 1.37. The molecule has 0 aliphatic carbocycles. The number of hydrogen-bond donors (Lipinski definition) is 1. The summed E-state index contributed by atoms with van der Waals surface area (Å²) in [5, 5.41) is 12.1. The number of rotatable bonds is 6. The molecule has 42 heavy (non-hydrogen) atoms. The molecule has 1 N–H and O–H groups in total. The molecule has 13 heteroatoms. The lowest BCUT2D eigenvalue weighted by atomic mass is 10.0. The van der Waals surface area contributed by atoms with Gasteiger partial charge in [-0.25, -0.2) is 23.0 Å². The van der Waals surface area contributed by atoms with E-state index in [-0.39, 0.29) is 30.1 Å². The van der Waals surface area contributed by atoms with Gasteiger partial charge in [0.2, 0.25) is 5.91 Å². The van der Waals surface area contributed by atoms with Crippen LogP contribution in [-0.4, -0.2) is 92.3 Å². The number of hydrogen-bond acceptors (Lipinski definition) is 6. The maximum absolute atomic E-state index is 14.0. The molecule has 1 atom stereocenters. The van der Waals surface area contributed by atoms with Gasteiger partial charge in [0, 0.05) is 29.7 Å². The topological polar surface area (TPSA) is 133 Å². The van der Waals surface area contributed by atoms with Crippen molar-refractivity contribution in [2.75, 3.05) is 18.8 Å². The highest BCUT2D eigenvalue weighted by Gasteiger charge is 2.44. The fourth-order valence-electron chi connectivity index (χ4n) is 5.96. The number of carbonyl (C=O) groups is 3. The van der Waals surface area contributed by atoms with Gasteiger partial charge in [0.15, 0.2) is 9.84 Å². The SMILES string of the molecule is Cc1ncc2n1C(=O)N(C1CCN(C(=O)[C@H](CS(=O)(=O)c3ccc4cc(Cl)ccc4c3)N(C(=O)O)C(C)(C)C)CC1)C2. The smallest absolute Gasteiger partial charge is 0.408 e. The van der Waals surface area contributed by atoms with Gasteiger partial charge in [-0.1, -0.05) is 23.7 Å². The molecular formula is C29H34ClN5O6S. The number of amides is 3. The molecule has 0 spiro atoms. The van der Waals surface area contributed by atoms with Crippen LogP contribution < -0.4 is 0 Å². The van der Waals surface area contributed by atoms with E-state index in [1.165, 1.54) is 17.0 Å². The number of piperidine rings is 1. The highest BCUT2D eigenvalue weighted by Crippen LogP contribution is 2.29.